The largest absolute Gasteiger partial charge is 0.507 e. The van der Waals surface area contributed by atoms with Gasteiger partial charge in [-0.05, 0) is 38.2 Å². The Kier molecular flexibility index (Phi) is 5.85. The first-order valence-corrected chi connectivity index (χ1v) is 12.2. The summed E-state index contributed by atoms with van der Waals surface area (Å²) in [5.74, 6) is -2.73. The molecule has 8 nitrogen and oxygen atoms in total. The second-order valence-corrected chi connectivity index (χ2v) is 9.82. The number of phenolic OH excluding ortho intramolecular Hbond substituents is 1. The van der Waals surface area contributed by atoms with Crippen molar-refractivity contribution in [2.75, 3.05) is 20.8 Å². The number of hydrogen-bond acceptors (Lipinski definition) is 7. The molecule has 1 aliphatic heterocycles. The molecule has 5 rings (SSSR count). The number of ether oxygens (including phenoxy) is 2. The van der Waals surface area contributed by atoms with E-state index in [1.807, 2.05) is 13.0 Å². The molecule has 1 aromatic rings. The van der Waals surface area contributed by atoms with E-state index < -0.39 is 23.7 Å². The predicted molar refractivity (Wildman–Crippen MR) is 130 cm³/mol. The fraction of sp³-hybridized carbons (Fsp3) is 0.429. The summed E-state index contributed by atoms with van der Waals surface area (Å²) in [5.41, 5.74) is 2.09. The molecular weight excluding hydrogens is 462 g/mol. The van der Waals surface area contributed by atoms with E-state index in [4.69, 9.17) is 9.47 Å². The zero-order chi connectivity index (χ0) is 25.9. The van der Waals surface area contributed by atoms with Crippen LogP contribution in [0.2, 0.25) is 0 Å². The minimum Gasteiger partial charge on any atom is -0.507 e. The second kappa shape index (κ2) is 8.76. The number of allylic oxidation sites excluding steroid dienone is 6. The number of fused-ring (bicyclic) bond motifs is 3. The van der Waals surface area contributed by atoms with Crippen molar-refractivity contribution in [1.82, 2.24) is 4.90 Å². The zero-order valence-corrected chi connectivity index (χ0v) is 20.8. The molecule has 3 aliphatic carbocycles. The summed E-state index contributed by atoms with van der Waals surface area (Å²) in [6.07, 6.45) is 4.48. The highest BCUT2D eigenvalue weighted by Crippen LogP contribution is 2.57. The van der Waals surface area contributed by atoms with Crippen LogP contribution >= 0.6 is 0 Å². The van der Waals surface area contributed by atoms with E-state index in [2.05, 4.69) is 0 Å². The SMILES string of the molecule is CCCN1C(=O)[C@H]2[C@H](CC=C3[C@H](c4c(O)cc(OC)cc4OC)C4=C(C[C@H]32)C(=O)C(C)=CC4=O)C1=O. The van der Waals surface area contributed by atoms with Crippen LogP contribution < -0.4 is 9.47 Å². The molecular formula is C28H29NO7. The molecule has 2 amide bonds. The normalized spacial score (nSPS) is 27.4. The molecule has 1 saturated heterocycles. The number of phenols is 1. The van der Waals surface area contributed by atoms with E-state index in [1.165, 1.54) is 31.3 Å². The van der Waals surface area contributed by atoms with Crippen molar-refractivity contribution in [1.29, 1.82) is 0 Å². The number of imide groups is 1. The lowest BCUT2D eigenvalue weighted by molar-refractivity contribution is -0.140. The van der Waals surface area contributed by atoms with Crippen LogP contribution in [0.5, 0.6) is 17.2 Å². The summed E-state index contributed by atoms with van der Waals surface area (Å²) in [5, 5.41) is 11.1. The van der Waals surface area contributed by atoms with Crippen LogP contribution in [0, 0.1) is 17.8 Å². The van der Waals surface area contributed by atoms with Crippen molar-refractivity contribution < 1.29 is 33.8 Å². The van der Waals surface area contributed by atoms with Gasteiger partial charge in [0.1, 0.15) is 17.2 Å². The third-order valence-electron chi connectivity index (χ3n) is 7.94. The van der Waals surface area contributed by atoms with Crippen molar-refractivity contribution in [3.63, 3.8) is 0 Å². The first-order chi connectivity index (χ1) is 17.2. The smallest absolute Gasteiger partial charge is 0.233 e. The van der Waals surface area contributed by atoms with Gasteiger partial charge in [0.25, 0.3) is 0 Å². The Morgan fingerprint density at radius 3 is 2.47 bits per heavy atom. The van der Waals surface area contributed by atoms with Crippen LogP contribution in [0.1, 0.15) is 44.6 Å². The van der Waals surface area contributed by atoms with E-state index in [9.17, 15) is 24.3 Å². The van der Waals surface area contributed by atoms with Gasteiger partial charge < -0.3 is 14.6 Å². The van der Waals surface area contributed by atoms with E-state index in [1.54, 1.807) is 13.0 Å². The molecule has 0 aromatic heterocycles. The minimum atomic E-state index is -0.788. The Bertz CT molecular complexity index is 1300. The lowest BCUT2D eigenvalue weighted by Gasteiger charge is -2.42. The van der Waals surface area contributed by atoms with Crippen LogP contribution in [0.25, 0.3) is 0 Å². The van der Waals surface area contributed by atoms with Gasteiger partial charge in [-0.2, -0.15) is 0 Å². The summed E-state index contributed by atoms with van der Waals surface area (Å²) < 4.78 is 10.9. The average molecular weight is 492 g/mol. The van der Waals surface area contributed by atoms with Gasteiger partial charge in [-0.15, -0.1) is 0 Å². The molecule has 0 saturated carbocycles. The highest BCUT2D eigenvalue weighted by Gasteiger charge is 2.56. The number of carbonyl (C=O) groups excluding carboxylic acids is 4. The molecule has 0 spiro atoms. The van der Waals surface area contributed by atoms with Gasteiger partial charge in [-0.3, -0.25) is 24.1 Å². The van der Waals surface area contributed by atoms with E-state index >= 15 is 0 Å². The van der Waals surface area contributed by atoms with Gasteiger partial charge >= 0.3 is 0 Å². The van der Waals surface area contributed by atoms with Crippen molar-refractivity contribution in [2.45, 2.75) is 39.0 Å². The van der Waals surface area contributed by atoms with Crippen LogP contribution in [-0.2, 0) is 19.2 Å². The number of Topliss-reactive ketones (excluding diaryl/α,β-unsaturated/α-hetero) is 1. The number of methoxy groups -OCH3 is 2. The Labute approximate surface area is 209 Å². The molecule has 0 bridgehead atoms. The maximum Gasteiger partial charge on any atom is 0.233 e. The maximum absolute atomic E-state index is 13.5. The summed E-state index contributed by atoms with van der Waals surface area (Å²) in [6, 6.07) is 3.06. The van der Waals surface area contributed by atoms with Gasteiger partial charge in [0.05, 0.1) is 26.1 Å². The summed E-state index contributed by atoms with van der Waals surface area (Å²) in [6.45, 7) is 3.88. The molecule has 8 heteroatoms. The fourth-order valence-corrected chi connectivity index (χ4v) is 6.39. The number of ketones is 2. The number of likely N-dealkylation sites (tertiary alicyclic amines) is 1. The Hall–Kier alpha value is -3.68. The number of carbonyl (C=O) groups is 4. The first-order valence-electron chi connectivity index (χ1n) is 12.2. The lowest BCUT2D eigenvalue weighted by atomic mass is 9.59. The molecule has 1 aromatic carbocycles. The zero-order valence-electron chi connectivity index (χ0n) is 20.8. The molecule has 36 heavy (non-hydrogen) atoms. The van der Waals surface area contributed by atoms with Gasteiger partial charge in [-0.1, -0.05) is 18.6 Å². The Morgan fingerprint density at radius 2 is 1.81 bits per heavy atom. The van der Waals surface area contributed by atoms with Crippen LogP contribution in [-0.4, -0.2) is 54.2 Å². The second-order valence-electron chi connectivity index (χ2n) is 9.82. The topological polar surface area (TPSA) is 110 Å². The monoisotopic (exact) mass is 491 g/mol. The van der Waals surface area contributed by atoms with E-state index in [0.29, 0.717) is 53.2 Å². The summed E-state index contributed by atoms with van der Waals surface area (Å²) in [7, 11) is 2.93. The Morgan fingerprint density at radius 1 is 1.06 bits per heavy atom. The number of aromatic hydroxyl groups is 1. The standard InChI is InChI=1S/C28H29NO7/c1-5-8-29-27(33)16-7-6-15-17(22(16)28(29)34)12-18-23(19(30)9-13(2)26(18)32)24(15)25-20(31)10-14(35-3)11-21(25)36-4/h6,9-11,16-17,22,24,31H,5,7-8,12H2,1-4H3/t16-,17+,22-,24-/m0/s1. The predicted octanol–water partition coefficient (Wildman–Crippen LogP) is 3.25. The Balaban J connectivity index is 1.73. The van der Waals surface area contributed by atoms with Crippen molar-refractivity contribution in [3.8, 4) is 17.2 Å². The third-order valence-corrected chi connectivity index (χ3v) is 7.94. The van der Waals surface area contributed by atoms with Crippen LogP contribution in [0.4, 0.5) is 0 Å². The van der Waals surface area contributed by atoms with E-state index in [0.717, 1.165) is 5.57 Å². The number of hydrogen-bond donors (Lipinski definition) is 1. The van der Waals surface area contributed by atoms with Gasteiger partial charge in [0, 0.05) is 46.9 Å². The summed E-state index contributed by atoms with van der Waals surface area (Å²) in [4.78, 5) is 54.6. The molecule has 188 valence electrons. The van der Waals surface area contributed by atoms with Crippen LogP contribution in [0.3, 0.4) is 0 Å². The minimum absolute atomic E-state index is 0.139. The third kappa shape index (κ3) is 3.34. The van der Waals surface area contributed by atoms with Crippen molar-refractivity contribution >= 4 is 23.4 Å². The highest BCUT2D eigenvalue weighted by atomic mass is 16.5. The molecule has 1 heterocycles. The van der Waals surface area contributed by atoms with Gasteiger partial charge in [-0.25, -0.2) is 0 Å². The average Bonchev–Trinajstić information content (AvgIpc) is 3.11. The molecule has 1 fully saturated rings. The molecule has 4 aliphatic rings. The quantitative estimate of drug-likeness (QED) is 0.382. The lowest BCUT2D eigenvalue weighted by Crippen LogP contribution is -2.40. The van der Waals surface area contributed by atoms with E-state index in [-0.39, 0.29) is 35.6 Å². The highest BCUT2D eigenvalue weighted by molar-refractivity contribution is 6.23. The fourth-order valence-electron chi connectivity index (χ4n) is 6.39. The number of rotatable bonds is 5. The summed E-state index contributed by atoms with van der Waals surface area (Å²) >= 11 is 0. The number of amides is 2. The number of benzene rings is 1. The number of nitrogens with zero attached hydrogens (tertiary/aromatic N) is 1. The maximum atomic E-state index is 13.5. The molecule has 0 unspecified atom stereocenters. The van der Waals surface area contributed by atoms with Gasteiger partial charge in [0.2, 0.25) is 11.8 Å². The molecule has 1 N–H and O–H groups in total. The first kappa shape index (κ1) is 24.0. The van der Waals surface area contributed by atoms with Gasteiger partial charge in [0.15, 0.2) is 11.6 Å². The van der Waals surface area contributed by atoms with Crippen LogP contribution in [0.15, 0.2) is 46.6 Å². The molecule has 0 radical (unpaired) electrons. The van der Waals surface area contributed by atoms with Crippen molar-refractivity contribution in [2.24, 2.45) is 17.8 Å². The molecule has 4 atom stereocenters. The van der Waals surface area contributed by atoms with Crippen molar-refractivity contribution in [3.05, 3.63) is 52.1 Å².